The summed E-state index contributed by atoms with van der Waals surface area (Å²) in [5.74, 6) is 0.756. The molecular weight excluding hydrogens is 254 g/mol. The minimum Gasteiger partial charge on any atom is -0.313 e. The molecule has 0 heterocycles. The van der Waals surface area contributed by atoms with E-state index in [0.717, 1.165) is 25.3 Å². The number of nitrogens with one attached hydrogen (secondary N) is 1. The van der Waals surface area contributed by atoms with Crippen LogP contribution in [0.1, 0.15) is 31.4 Å². The molecule has 1 heteroatoms. The Morgan fingerprint density at radius 1 is 0.762 bits per heavy atom. The van der Waals surface area contributed by atoms with Crippen molar-refractivity contribution in [1.82, 2.24) is 5.32 Å². The third-order valence-electron chi connectivity index (χ3n) is 3.80. The number of benzene rings is 2. The van der Waals surface area contributed by atoms with E-state index >= 15 is 0 Å². The zero-order valence-electron chi connectivity index (χ0n) is 13.3. The molecule has 2 rings (SSSR count). The Morgan fingerprint density at radius 2 is 1.24 bits per heavy atom. The molecule has 0 spiro atoms. The third-order valence-corrected chi connectivity index (χ3v) is 3.80. The van der Waals surface area contributed by atoms with Crippen LogP contribution in [0.15, 0.2) is 60.7 Å². The lowest BCUT2D eigenvalue weighted by molar-refractivity contribution is 0.462. The van der Waals surface area contributed by atoms with Gasteiger partial charge in [-0.15, -0.1) is 0 Å². The molecular formula is C20H27N. The zero-order valence-corrected chi connectivity index (χ0v) is 13.3. The first kappa shape index (κ1) is 15.8. The van der Waals surface area contributed by atoms with Crippen LogP contribution in [0, 0.1) is 5.92 Å². The van der Waals surface area contributed by atoms with Crippen LogP contribution in [0.2, 0.25) is 0 Å². The van der Waals surface area contributed by atoms with E-state index in [-0.39, 0.29) is 0 Å². The van der Waals surface area contributed by atoms with Crippen molar-refractivity contribution >= 4 is 0 Å². The molecule has 2 aromatic rings. The largest absolute Gasteiger partial charge is 0.313 e. The van der Waals surface area contributed by atoms with Gasteiger partial charge in [0.1, 0.15) is 0 Å². The molecule has 0 saturated carbocycles. The molecule has 0 bridgehead atoms. The van der Waals surface area contributed by atoms with Crippen molar-refractivity contribution in [1.29, 1.82) is 0 Å². The molecule has 0 aliphatic carbocycles. The van der Waals surface area contributed by atoms with Crippen molar-refractivity contribution in [3.63, 3.8) is 0 Å². The topological polar surface area (TPSA) is 12.0 Å². The second-order valence-corrected chi connectivity index (χ2v) is 6.21. The summed E-state index contributed by atoms with van der Waals surface area (Å²) in [6.45, 7) is 5.66. The molecule has 0 atom stereocenters. The van der Waals surface area contributed by atoms with Crippen molar-refractivity contribution < 1.29 is 0 Å². The van der Waals surface area contributed by atoms with Crippen LogP contribution in [0.5, 0.6) is 0 Å². The molecule has 0 saturated heterocycles. The molecule has 2 aromatic carbocycles. The standard InChI is InChI=1S/C20H27N/c1-17(2)13-14-21-20(15-18-9-5-3-6-10-18)16-19-11-7-4-8-12-19/h3-12,17,20-21H,13-16H2,1-2H3. The predicted octanol–water partition coefficient (Wildman–Crippen LogP) is 4.48. The smallest absolute Gasteiger partial charge is 0.0148 e. The number of rotatable bonds is 8. The quantitative estimate of drug-likeness (QED) is 0.752. The number of hydrogen-bond donors (Lipinski definition) is 1. The molecule has 112 valence electrons. The van der Waals surface area contributed by atoms with Gasteiger partial charge in [-0.2, -0.15) is 0 Å². The van der Waals surface area contributed by atoms with Gasteiger partial charge in [0.2, 0.25) is 0 Å². The molecule has 1 N–H and O–H groups in total. The van der Waals surface area contributed by atoms with Gasteiger partial charge in [-0.1, -0.05) is 74.5 Å². The zero-order chi connectivity index (χ0) is 14.9. The van der Waals surface area contributed by atoms with Crippen molar-refractivity contribution in [3.05, 3.63) is 71.8 Å². The monoisotopic (exact) mass is 281 g/mol. The van der Waals surface area contributed by atoms with Gasteiger partial charge < -0.3 is 5.32 Å². The Morgan fingerprint density at radius 3 is 1.67 bits per heavy atom. The minimum absolute atomic E-state index is 0.508. The van der Waals surface area contributed by atoms with E-state index in [4.69, 9.17) is 0 Å². The van der Waals surface area contributed by atoms with Crippen LogP contribution < -0.4 is 5.32 Å². The Labute approximate surface area is 129 Å². The molecule has 0 aliphatic heterocycles. The van der Waals surface area contributed by atoms with Gasteiger partial charge in [0, 0.05) is 6.04 Å². The van der Waals surface area contributed by atoms with Crippen LogP contribution in [0.25, 0.3) is 0 Å². The van der Waals surface area contributed by atoms with E-state index < -0.39 is 0 Å². The van der Waals surface area contributed by atoms with Gasteiger partial charge in [-0.05, 0) is 42.9 Å². The maximum absolute atomic E-state index is 3.75. The van der Waals surface area contributed by atoms with E-state index in [0.29, 0.717) is 6.04 Å². The van der Waals surface area contributed by atoms with Gasteiger partial charge in [-0.25, -0.2) is 0 Å². The highest BCUT2D eigenvalue weighted by molar-refractivity contribution is 5.19. The van der Waals surface area contributed by atoms with Crippen LogP contribution in [-0.4, -0.2) is 12.6 Å². The highest BCUT2D eigenvalue weighted by Gasteiger charge is 2.10. The fraction of sp³-hybridized carbons (Fsp3) is 0.400. The molecule has 0 aromatic heterocycles. The maximum Gasteiger partial charge on any atom is 0.0148 e. The summed E-state index contributed by atoms with van der Waals surface area (Å²) in [5.41, 5.74) is 2.82. The molecule has 0 fully saturated rings. The van der Waals surface area contributed by atoms with E-state index in [9.17, 15) is 0 Å². The SMILES string of the molecule is CC(C)CCNC(Cc1ccccc1)Cc1ccccc1. The molecule has 0 unspecified atom stereocenters. The highest BCUT2D eigenvalue weighted by Crippen LogP contribution is 2.10. The Hall–Kier alpha value is -1.60. The summed E-state index contributed by atoms with van der Waals surface area (Å²) in [5, 5.41) is 3.75. The summed E-state index contributed by atoms with van der Waals surface area (Å²) in [6.07, 6.45) is 3.42. The van der Waals surface area contributed by atoms with E-state index in [1.165, 1.54) is 17.5 Å². The first-order valence-electron chi connectivity index (χ1n) is 8.05. The van der Waals surface area contributed by atoms with Crippen LogP contribution >= 0.6 is 0 Å². The Balaban J connectivity index is 1.96. The second-order valence-electron chi connectivity index (χ2n) is 6.21. The summed E-state index contributed by atoms with van der Waals surface area (Å²) >= 11 is 0. The Kier molecular flexibility index (Phi) is 6.49. The fourth-order valence-corrected chi connectivity index (χ4v) is 2.59. The highest BCUT2D eigenvalue weighted by atomic mass is 14.9. The molecule has 0 radical (unpaired) electrons. The van der Waals surface area contributed by atoms with Crippen LogP contribution in [0.4, 0.5) is 0 Å². The van der Waals surface area contributed by atoms with Gasteiger partial charge >= 0.3 is 0 Å². The van der Waals surface area contributed by atoms with Gasteiger partial charge in [0.05, 0.1) is 0 Å². The predicted molar refractivity (Wildman–Crippen MR) is 91.5 cm³/mol. The van der Waals surface area contributed by atoms with E-state index in [2.05, 4.69) is 79.8 Å². The van der Waals surface area contributed by atoms with Gasteiger partial charge in [-0.3, -0.25) is 0 Å². The summed E-state index contributed by atoms with van der Waals surface area (Å²) in [6, 6.07) is 22.1. The lowest BCUT2D eigenvalue weighted by Crippen LogP contribution is -2.34. The van der Waals surface area contributed by atoms with E-state index in [1.54, 1.807) is 0 Å². The maximum atomic E-state index is 3.75. The van der Waals surface area contributed by atoms with Crippen molar-refractivity contribution in [2.24, 2.45) is 5.92 Å². The summed E-state index contributed by atoms with van der Waals surface area (Å²) < 4.78 is 0. The van der Waals surface area contributed by atoms with Crippen LogP contribution in [-0.2, 0) is 12.8 Å². The third kappa shape index (κ3) is 6.14. The fourth-order valence-electron chi connectivity index (χ4n) is 2.59. The van der Waals surface area contributed by atoms with Gasteiger partial charge in [0.15, 0.2) is 0 Å². The summed E-state index contributed by atoms with van der Waals surface area (Å²) in [4.78, 5) is 0. The minimum atomic E-state index is 0.508. The molecule has 0 aliphatic rings. The molecule has 0 amide bonds. The Bertz CT molecular complexity index is 448. The van der Waals surface area contributed by atoms with Crippen LogP contribution in [0.3, 0.4) is 0 Å². The second kappa shape index (κ2) is 8.63. The lowest BCUT2D eigenvalue weighted by atomic mass is 9.98. The average molecular weight is 281 g/mol. The van der Waals surface area contributed by atoms with E-state index in [1.807, 2.05) is 0 Å². The first-order chi connectivity index (χ1) is 10.2. The van der Waals surface area contributed by atoms with Crippen molar-refractivity contribution in [2.45, 2.75) is 39.2 Å². The number of hydrogen-bond acceptors (Lipinski definition) is 1. The normalized spacial score (nSPS) is 11.2. The molecule has 21 heavy (non-hydrogen) atoms. The summed E-state index contributed by atoms with van der Waals surface area (Å²) in [7, 11) is 0. The van der Waals surface area contributed by atoms with Crippen molar-refractivity contribution in [3.8, 4) is 0 Å². The van der Waals surface area contributed by atoms with Crippen molar-refractivity contribution in [2.75, 3.05) is 6.54 Å². The lowest BCUT2D eigenvalue weighted by Gasteiger charge is -2.20. The average Bonchev–Trinajstić information content (AvgIpc) is 2.49. The van der Waals surface area contributed by atoms with Gasteiger partial charge in [0.25, 0.3) is 0 Å². The molecule has 1 nitrogen and oxygen atoms in total. The first-order valence-corrected chi connectivity index (χ1v) is 8.05.